The van der Waals surface area contributed by atoms with Crippen LogP contribution in [0.3, 0.4) is 0 Å². The van der Waals surface area contributed by atoms with E-state index in [1.54, 1.807) is 6.07 Å². The van der Waals surface area contributed by atoms with Crippen molar-refractivity contribution in [2.75, 3.05) is 45.9 Å². The number of aromatic nitrogens is 1. The van der Waals surface area contributed by atoms with E-state index in [1.807, 2.05) is 23.1 Å². The molecular weight excluding hydrogens is 358 g/mol. The largest absolute Gasteiger partial charge is 0.420 e. The highest BCUT2D eigenvalue weighted by Gasteiger charge is 2.19. The molecule has 0 N–H and O–H groups in total. The molecule has 1 saturated heterocycles. The molecule has 7 heteroatoms. The summed E-state index contributed by atoms with van der Waals surface area (Å²) in [5.74, 6) is -0.507. The van der Waals surface area contributed by atoms with Crippen LogP contribution in [-0.2, 0) is 16.1 Å². The van der Waals surface area contributed by atoms with Crippen LogP contribution >= 0.6 is 0 Å². The van der Waals surface area contributed by atoms with Crippen LogP contribution in [0.2, 0.25) is 0 Å². The Morgan fingerprint density at radius 3 is 2.68 bits per heavy atom. The van der Waals surface area contributed by atoms with E-state index >= 15 is 0 Å². The van der Waals surface area contributed by atoms with Crippen molar-refractivity contribution in [3.05, 3.63) is 34.8 Å². The number of fused-ring (bicyclic) bond motifs is 1. The first-order chi connectivity index (χ1) is 13.7. The summed E-state index contributed by atoms with van der Waals surface area (Å²) in [6.45, 7) is 7.76. The lowest BCUT2D eigenvalue weighted by Gasteiger charge is -2.30. The summed E-state index contributed by atoms with van der Waals surface area (Å²) in [6, 6.07) is 7.23. The molecule has 1 fully saturated rings. The van der Waals surface area contributed by atoms with Gasteiger partial charge in [-0.1, -0.05) is 38.3 Å². The molecule has 0 radical (unpaired) electrons. The molecule has 3 rings (SSSR count). The minimum atomic E-state index is -0.478. The quantitative estimate of drug-likeness (QED) is 0.584. The Kier molecular flexibility index (Phi) is 7.68. The molecule has 1 aliphatic rings. The normalized spacial score (nSPS) is 15.2. The van der Waals surface area contributed by atoms with E-state index in [2.05, 4.69) is 11.8 Å². The minimum Gasteiger partial charge on any atom is -0.408 e. The number of hydrogen-bond donors (Lipinski definition) is 0. The van der Waals surface area contributed by atoms with Crippen LogP contribution in [0.5, 0.6) is 0 Å². The lowest BCUT2D eigenvalue weighted by atomic mass is 10.2. The molecule has 0 atom stereocenters. The van der Waals surface area contributed by atoms with Crippen LogP contribution in [0.15, 0.2) is 33.5 Å². The lowest BCUT2D eigenvalue weighted by molar-refractivity contribution is -0.132. The van der Waals surface area contributed by atoms with Crippen LogP contribution in [0.4, 0.5) is 0 Å². The molecule has 2 aromatic rings. The molecule has 154 valence electrons. The molecular formula is C21H31N3O4. The molecule has 0 unspecified atom stereocenters. The van der Waals surface area contributed by atoms with E-state index in [4.69, 9.17) is 9.15 Å². The second-order valence-corrected chi connectivity index (χ2v) is 7.32. The van der Waals surface area contributed by atoms with Crippen molar-refractivity contribution >= 4 is 17.0 Å². The third-order valence-corrected chi connectivity index (χ3v) is 5.29. The van der Waals surface area contributed by atoms with Gasteiger partial charge in [0.05, 0.1) is 18.7 Å². The summed E-state index contributed by atoms with van der Waals surface area (Å²) in [7, 11) is 0. The number of para-hydroxylation sites is 2. The fourth-order valence-corrected chi connectivity index (χ4v) is 3.58. The number of hydrogen-bond acceptors (Lipinski definition) is 5. The average Bonchev–Trinajstić information content (AvgIpc) is 3.03. The van der Waals surface area contributed by atoms with Crippen LogP contribution in [0.25, 0.3) is 11.1 Å². The minimum absolute atomic E-state index is 0.0206. The molecule has 1 amide bonds. The van der Waals surface area contributed by atoms with Gasteiger partial charge in [-0.15, -0.1) is 0 Å². The van der Waals surface area contributed by atoms with E-state index in [0.29, 0.717) is 17.6 Å². The number of unbranched alkanes of at least 4 members (excludes halogenated alkanes) is 3. The van der Waals surface area contributed by atoms with Crippen molar-refractivity contribution < 1.29 is 13.9 Å². The van der Waals surface area contributed by atoms with Crippen molar-refractivity contribution in [3.8, 4) is 0 Å². The SMILES string of the molecule is CCCCCCN(CCN1CCOCC1)C(=O)Cn1c(=O)oc2ccccc21. The fraction of sp³-hybridized carbons (Fsp3) is 0.619. The molecule has 28 heavy (non-hydrogen) atoms. The molecule has 0 bridgehead atoms. The topological polar surface area (TPSA) is 67.9 Å². The lowest BCUT2D eigenvalue weighted by Crippen LogP contribution is -2.44. The summed E-state index contributed by atoms with van der Waals surface area (Å²) in [5.41, 5.74) is 1.18. The number of carbonyl (C=O) groups excluding carboxylic acids is 1. The zero-order chi connectivity index (χ0) is 19.8. The molecule has 0 saturated carbocycles. The number of nitrogens with zero attached hydrogens (tertiary/aromatic N) is 3. The van der Waals surface area contributed by atoms with Gasteiger partial charge in [-0.05, 0) is 18.6 Å². The first kappa shape index (κ1) is 20.6. The highest BCUT2D eigenvalue weighted by atomic mass is 16.5. The van der Waals surface area contributed by atoms with E-state index in [9.17, 15) is 9.59 Å². The number of amides is 1. The van der Waals surface area contributed by atoms with Crippen LogP contribution in [0, 0.1) is 0 Å². The van der Waals surface area contributed by atoms with Crippen LogP contribution in [0.1, 0.15) is 32.6 Å². The number of morpholine rings is 1. The first-order valence-electron chi connectivity index (χ1n) is 10.4. The third kappa shape index (κ3) is 5.45. The Labute approximate surface area is 165 Å². The van der Waals surface area contributed by atoms with Crippen LogP contribution < -0.4 is 5.76 Å². The maximum Gasteiger partial charge on any atom is 0.420 e. The van der Waals surface area contributed by atoms with Gasteiger partial charge in [-0.2, -0.15) is 0 Å². The second-order valence-electron chi connectivity index (χ2n) is 7.32. The first-order valence-corrected chi connectivity index (χ1v) is 10.4. The Bertz CT molecular complexity index is 807. The highest BCUT2D eigenvalue weighted by Crippen LogP contribution is 2.12. The van der Waals surface area contributed by atoms with Gasteiger partial charge in [0.2, 0.25) is 5.91 Å². The molecule has 2 heterocycles. The van der Waals surface area contributed by atoms with Crippen molar-refractivity contribution in [3.63, 3.8) is 0 Å². The maximum absolute atomic E-state index is 13.0. The number of oxazole rings is 1. The summed E-state index contributed by atoms with van der Waals surface area (Å²) >= 11 is 0. The summed E-state index contributed by atoms with van der Waals surface area (Å²) in [5, 5.41) is 0. The molecule has 0 aliphatic carbocycles. The van der Waals surface area contributed by atoms with Gasteiger partial charge in [-0.3, -0.25) is 14.3 Å². The zero-order valence-electron chi connectivity index (χ0n) is 16.8. The van der Waals surface area contributed by atoms with E-state index in [0.717, 1.165) is 58.7 Å². The second kappa shape index (κ2) is 10.4. The summed E-state index contributed by atoms with van der Waals surface area (Å²) in [6.07, 6.45) is 4.45. The van der Waals surface area contributed by atoms with Gasteiger partial charge in [0.25, 0.3) is 0 Å². The Morgan fingerprint density at radius 2 is 1.89 bits per heavy atom. The molecule has 1 aliphatic heterocycles. The Balaban J connectivity index is 1.65. The van der Waals surface area contributed by atoms with E-state index in [-0.39, 0.29) is 12.5 Å². The standard InChI is InChI=1S/C21H31N3O4/c1-2-3-4-7-10-23(12-11-22-13-15-27-16-14-22)20(25)17-24-18-8-5-6-9-19(18)28-21(24)26/h5-6,8-9H,2-4,7,10-17H2,1H3. The van der Waals surface area contributed by atoms with E-state index in [1.165, 1.54) is 11.0 Å². The Morgan fingerprint density at radius 1 is 1.11 bits per heavy atom. The zero-order valence-corrected chi connectivity index (χ0v) is 16.8. The van der Waals surface area contributed by atoms with Gasteiger partial charge in [0, 0.05) is 32.7 Å². The fourth-order valence-electron chi connectivity index (χ4n) is 3.58. The molecule has 1 aromatic heterocycles. The number of ether oxygens (including phenoxy) is 1. The van der Waals surface area contributed by atoms with Crippen molar-refractivity contribution in [1.82, 2.24) is 14.4 Å². The predicted octanol–water partition coefficient (Wildman–Crippen LogP) is 2.34. The number of rotatable bonds is 10. The Hall–Kier alpha value is -2.12. The van der Waals surface area contributed by atoms with Gasteiger partial charge >= 0.3 is 5.76 Å². The number of carbonyl (C=O) groups is 1. The van der Waals surface area contributed by atoms with E-state index < -0.39 is 5.76 Å². The molecule has 1 aromatic carbocycles. The monoisotopic (exact) mass is 389 g/mol. The van der Waals surface area contributed by atoms with Gasteiger partial charge < -0.3 is 14.1 Å². The van der Waals surface area contributed by atoms with Gasteiger partial charge in [0.1, 0.15) is 6.54 Å². The van der Waals surface area contributed by atoms with Gasteiger partial charge in [-0.25, -0.2) is 4.79 Å². The van der Waals surface area contributed by atoms with Crippen molar-refractivity contribution in [1.29, 1.82) is 0 Å². The molecule has 7 nitrogen and oxygen atoms in total. The average molecular weight is 389 g/mol. The van der Waals surface area contributed by atoms with Crippen LogP contribution in [-0.4, -0.2) is 66.2 Å². The summed E-state index contributed by atoms with van der Waals surface area (Å²) in [4.78, 5) is 29.5. The van der Waals surface area contributed by atoms with Crippen molar-refractivity contribution in [2.45, 2.75) is 39.2 Å². The molecule has 0 spiro atoms. The number of benzene rings is 1. The summed E-state index contributed by atoms with van der Waals surface area (Å²) < 4.78 is 12.1. The maximum atomic E-state index is 13.0. The third-order valence-electron chi connectivity index (χ3n) is 5.29. The van der Waals surface area contributed by atoms with Crippen molar-refractivity contribution in [2.24, 2.45) is 0 Å². The van der Waals surface area contributed by atoms with Gasteiger partial charge in [0.15, 0.2) is 5.58 Å². The smallest absolute Gasteiger partial charge is 0.408 e. The highest BCUT2D eigenvalue weighted by molar-refractivity contribution is 5.79. The predicted molar refractivity (Wildman–Crippen MR) is 108 cm³/mol.